The molecule has 3 atom stereocenters. The van der Waals surface area contributed by atoms with Crippen LogP contribution in [0.2, 0.25) is 0 Å². The average Bonchev–Trinajstić information content (AvgIpc) is 2.65. The highest BCUT2D eigenvalue weighted by atomic mass is 19.3. The minimum atomic E-state index is -2.83. The van der Waals surface area contributed by atoms with E-state index in [2.05, 4.69) is 10.3 Å². The monoisotopic (exact) mass is 376 g/mol. The van der Waals surface area contributed by atoms with Gasteiger partial charge in [-0.05, 0) is 25.1 Å². The van der Waals surface area contributed by atoms with Crippen molar-refractivity contribution in [3.8, 4) is 0 Å². The van der Waals surface area contributed by atoms with Gasteiger partial charge in [-0.15, -0.1) is 0 Å². The minimum Gasteiger partial charge on any atom is -0.455 e. The van der Waals surface area contributed by atoms with Crippen molar-refractivity contribution in [1.82, 2.24) is 5.32 Å². The molecule has 2 aromatic rings. The highest BCUT2D eigenvalue weighted by Crippen LogP contribution is 2.42. The summed E-state index contributed by atoms with van der Waals surface area (Å²) in [7, 11) is 0. The summed E-state index contributed by atoms with van der Waals surface area (Å²) in [6.45, 7) is 3.09. The Labute approximate surface area is 155 Å². The molecule has 0 bridgehead atoms. The summed E-state index contributed by atoms with van der Waals surface area (Å²) in [5, 5.41) is 2.42. The molecule has 7 heteroatoms. The van der Waals surface area contributed by atoms with E-state index in [0.29, 0.717) is 5.56 Å². The van der Waals surface area contributed by atoms with Crippen LogP contribution in [0.15, 0.2) is 59.6 Å². The molecule has 0 aromatic heterocycles. The highest BCUT2D eigenvalue weighted by Gasteiger charge is 2.48. The number of alkyl halides is 2. The molecule has 142 valence electrons. The summed E-state index contributed by atoms with van der Waals surface area (Å²) in [5.41, 5.74) is -0.842. The molecule has 0 radical (unpaired) electrons. The van der Waals surface area contributed by atoms with Crippen molar-refractivity contribution >= 4 is 11.9 Å². The number of hydrogen-bond donors (Lipinski definition) is 1. The maximum atomic E-state index is 14.4. The summed E-state index contributed by atoms with van der Waals surface area (Å²) in [4.78, 5) is 16.7. The fourth-order valence-electron chi connectivity index (χ4n) is 3.15. The molecular formula is C20H19F3N2O2. The van der Waals surface area contributed by atoms with Gasteiger partial charge in [0.15, 0.2) is 6.10 Å². The van der Waals surface area contributed by atoms with Crippen molar-refractivity contribution in [2.45, 2.75) is 31.9 Å². The molecule has 4 nitrogen and oxygen atoms in total. The third-order valence-electron chi connectivity index (χ3n) is 4.88. The van der Waals surface area contributed by atoms with Gasteiger partial charge in [-0.3, -0.25) is 10.1 Å². The number of carbonyl (C=O) groups is 1. The molecule has 0 fully saturated rings. The van der Waals surface area contributed by atoms with Gasteiger partial charge < -0.3 is 4.74 Å². The van der Waals surface area contributed by atoms with Gasteiger partial charge in [-0.25, -0.2) is 18.2 Å². The molecule has 0 unspecified atom stereocenters. The van der Waals surface area contributed by atoms with Crippen molar-refractivity contribution in [3.05, 3.63) is 71.5 Å². The van der Waals surface area contributed by atoms with Crippen LogP contribution in [-0.4, -0.2) is 24.5 Å². The van der Waals surface area contributed by atoms with Gasteiger partial charge in [-0.1, -0.05) is 43.3 Å². The van der Waals surface area contributed by atoms with E-state index in [1.807, 2.05) is 0 Å². The predicted molar refractivity (Wildman–Crippen MR) is 95.1 cm³/mol. The molecule has 1 N–H and O–H groups in total. The topological polar surface area (TPSA) is 50.7 Å². The Kier molecular flexibility index (Phi) is 5.21. The Morgan fingerprint density at radius 1 is 1.15 bits per heavy atom. The van der Waals surface area contributed by atoms with E-state index >= 15 is 0 Å². The standard InChI is InChI=1S/C20H19F3N2O2/c1-12-16(17(22)23)27-19(24-18(26)13-8-4-3-5-9-13)25-20(12,2)14-10-6-7-11-15(14)21/h3-12,16-17H,1-2H3,(H,24,25,26)/t12-,16-,20-/m0/s1. The predicted octanol–water partition coefficient (Wildman–Crippen LogP) is 4.13. The van der Waals surface area contributed by atoms with Crippen LogP contribution in [0.3, 0.4) is 0 Å². The number of benzene rings is 2. The number of aliphatic imine (C=N–C) groups is 1. The number of hydrogen-bond acceptors (Lipinski definition) is 3. The zero-order valence-corrected chi connectivity index (χ0v) is 14.8. The lowest BCUT2D eigenvalue weighted by atomic mass is 9.77. The number of amidine groups is 1. The Bertz CT molecular complexity index is 857. The van der Waals surface area contributed by atoms with E-state index < -0.39 is 35.7 Å². The molecule has 0 saturated heterocycles. The van der Waals surface area contributed by atoms with Crippen LogP contribution in [0.5, 0.6) is 0 Å². The molecule has 2 aromatic carbocycles. The molecule has 0 aliphatic carbocycles. The fourth-order valence-corrected chi connectivity index (χ4v) is 3.15. The van der Waals surface area contributed by atoms with Crippen LogP contribution in [-0.2, 0) is 10.3 Å². The summed E-state index contributed by atoms with van der Waals surface area (Å²) >= 11 is 0. The van der Waals surface area contributed by atoms with E-state index in [-0.39, 0.29) is 11.6 Å². The van der Waals surface area contributed by atoms with E-state index in [1.165, 1.54) is 25.1 Å². The largest absolute Gasteiger partial charge is 0.455 e. The van der Waals surface area contributed by atoms with Gasteiger partial charge in [-0.2, -0.15) is 0 Å². The summed E-state index contributed by atoms with van der Waals surface area (Å²) < 4.78 is 46.8. The second-order valence-electron chi connectivity index (χ2n) is 6.57. The molecule has 0 saturated carbocycles. The maximum absolute atomic E-state index is 14.4. The molecule has 3 rings (SSSR count). The van der Waals surface area contributed by atoms with Gasteiger partial charge in [0, 0.05) is 17.0 Å². The van der Waals surface area contributed by atoms with Crippen LogP contribution in [0.25, 0.3) is 0 Å². The normalized spacial score (nSPS) is 24.9. The summed E-state index contributed by atoms with van der Waals surface area (Å²) in [5.74, 6) is -1.93. The molecule has 1 aliphatic heterocycles. The van der Waals surface area contributed by atoms with E-state index in [9.17, 15) is 18.0 Å². The number of nitrogens with zero attached hydrogens (tertiary/aromatic N) is 1. The molecule has 1 heterocycles. The van der Waals surface area contributed by atoms with E-state index in [4.69, 9.17) is 4.74 Å². The molecule has 1 amide bonds. The lowest BCUT2D eigenvalue weighted by Gasteiger charge is -2.41. The second kappa shape index (κ2) is 7.42. The molecule has 1 aliphatic rings. The number of ether oxygens (including phenoxy) is 1. The number of carbonyl (C=O) groups excluding carboxylic acids is 1. The quantitative estimate of drug-likeness (QED) is 0.876. The third kappa shape index (κ3) is 3.67. The van der Waals surface area contributed by atoms with Gasteiger partial charge in [0.1, 0.15) is 5.82 Å². The second-order valence-corrected chi connectivity index (χ2v) is 6.57. The lowest BCUT2D eigenvalue weighted by Crippen LogP contribution is -2.51. The first-order valence-electron chi connectivity index (χ1n) is 8.49. The van der Waals surface area contributed by atoms with E-state index in [1.54, 1.807) is 43.3 Å². The van der Waals surface area contributed by atoms with Crippen LogP contribution in [0, 0.1) is 11.7 Å². The average molecular weight is 376 g/mol. The Balaban J connectivity index is 2.00. The van der Waals surface area contributed by atoms with Gasteiger partial charge in [0.25, 0.3) is 18.4 Å². The molecule has 27 heavy (non-hydrogen) atoms. The highest BCUT2D eigenvalue weighted by molar-refractivity contribution is 6.04. The van der Waals surface area contributed by atoms with Crippen molar-refractivity contribution in [1.29, 1.82) is 0 Å². The number of amides is 1. The van der Waals surface area contributed by atoms with Crippen molar-refractivity contribution < 1.29 is 22.7 Å². The Morgan fingerprint density at radius 3 is 2.41 bits per heavy atom. The van der Waals surface area contributed by atoms with E-state index in [0.717, 1.165) is 0 Å². The first-order valence-corrected chi connectivity index (χ1v) is 8.49. The smallest absolute Gasteiger partial charge is 0.293 e. The van der Waals surface area contributed by atoms with Crippen molar-refractivity contribution in [2.75, 3.05) is 0 Å². The van der Waals surface area contributed by atoms with Crippen LogP contribution < -0.4 is 5.32 Å². The Morgan fingerprint density at radius 2 is 1.78 bits per heavy atom. The zero-order chi connectivity index (χ0) is 19.6. The lowest BCUT2D eigenvalue weighted by molar-refractivity contribution is -0.0588. The zero-order valence-electron chi connectivity index (χ0n) is 14.8. The number of rotatable bonds is 3. The fraction of sp³-hybridized carbons (Fsp3) is 0.300. The van der Waals surface area contributed by atoms with Gasteiger partial charge >= 0.3 is 0 Å². The third-order valence-corrected chi connectivity index (χ3v) is 4.88. The number of halogens is 3. The first kappa shape index (κ1) is 18.9. The van der Waals surface area contributed by atoms with Crippen LogP contribution in [0.1, 0.15) is 29.8 Å². The summed E-state index contributed by atoms with van der Waals surface area (Å²) in [6.07, 6.45) is -4.37. The van der Waals surface area contributed by atoms with Crippen molar-refractivity contribution in [2.24, 2.45) is 10.9 Å². The molecular weight excluding hydrogens is 357 g/mol. The van der Waals surface area contributed by atoms with Crippen LogP contribution >= 0.6 is 0 Å². The van der Waals surface area contributed by atoms with Crippen LogP contribution in [0.4, 0.5) is 13.2 Å². The number of nitrogens with one attached hydrogen (secondary N) is 1. The Hall–Kier alpha value is -2.83. The first-order chi connectivity index (χ1) is 12.8. The van der Waals surface area contributed by atoms with Crippen molar-refractivity contribution in [3.63, 3.8) is 0 Å². The van der Waals surface area contributed by atoms with Gasteiger partial charge in [0.2, 0.25) is 0 Å². The maximum Gasteiger partial charge on any atom is 0.293 e. The van der Waals surface area contributed by atoms with Gasteiger partial charge in [0.05, 0.1) is 5.54 Å². The SMILES string of the molecule is C[C@H]1[C@@H](C(F)F)OC(NC(=O)c2ccccc2)=N[C@]1(C)c1ccccc1F. The minimum absolute atomic E-state index is 0.165. The molecule has 0 spiro atoms. The summed E-state index contributed by atoms with van der Waals surface area (Å²) in [6, 6.07) is 13.8.